The summed E-state index contributed by atoms with van der Waals surface area (Å²) in [6, 6.07) is 0. The molecule has 6 nitrogen and oxygen atoms in total. The van der Waals surface area contributed by atoms with Crippen molar-refractivity contribution in [3.05, 3.63) is 34.9 Å². The summed E-state index contributed by atoms with van der Waals surface area (Å²) >= 11 is 0. The van der Waals surface area contributed by atoms with E-state index in [1.165, 1.54) is 16.7 Å². The molecule has 0 aliphatic carbocycles. The maximum Gasteiger partial charge on any atom is 0.339 e. The van der Waals surface area contributed by atoms with Crippen molar-refractivity contribution < 1.29 is 23.9 Å². The average Bonchev–Trinajstić information content (AvgIpc) is 2.62. The topological polar surface area (TPSA) is 87.1 Å². The van der Waals surface area contributed by atoms with Crippen molar-refractivity contribution >= 4 is 13.6 Å². The molecule has 0 saturated carbocycles. The molecule has 7 heteroatoms. The van der Waals surface area contributed by atoms with Gasteiger partial charge >= 0.3 is 13.6 Å². The molecule has 2 N–H and O–H groups in total. The maximum atomic E-state index is 11.8. The van der Waals surface area contributed by atoms with E-state index < -0.39 is 19.2 Å². The number of allylic oxidation sites excluding steroid dienone is 5. The quantitative estimate of drug-likeness (QED) is 0.205. The lowest BCUT2D eigenvalue weighted by Gasteiger charge is -2.19. The smallest absolute Gasteiger partial charge is 0.339 e. The van der Waals surface area contributed by atoms with Gasteiger partial charge in [-0.25, -0.2) is 0 Å². The van der Waals surface area contributed by atoms with Gasteiger partial charge in [-0.3, -0.25) is 9.36 Å². The second-order valence-electron chi connectivity index (χ2n) is 8.22. The SMILES string of the molecule is CCOC(=O)C(CCCN(C)CC=C(C)CCC=C(C)CCC=C(C)C)P(=O)(O)O. The van der Waals surface area contributed by atoms with Crippen LogP contribution in [0.15, 0.2) is 34.9 Å². The zero-order chi connectivity index (χ0) is 23.2. The van der Waals surface area contributed by atoms with Crippen LogP contribution in [0.2, 0.25) is 0 Å². The number of carbonyl (C=O) groups excluding carboxylic acids is 1. The van der Waals surface area contributed by atoms with Crippen LogP contribution in [0.25, 0.3) is 0 Å². The van der Waals surface area contributed by atoms with Crippen LogP contribution in [0.1, 0.15) is 73.1 Å². The molecular weight excluding hydrogens is 401 g/mol. The van der Waals surface area contributed by atoms with Gasteiger partial charge in [0.25, 0.3) is 0 Å². The largest absolute Gasteiger partial charge is 0.465 e. The fourth-order valence-electron chi connectivity index (χ4n) is 2.96. The molecule has 0 rings (SSSR count). The van der Waals surface area contributed by atoms with Crippen molar-refractivity contribution in [2.45, 2.75) is 78.8 Å². The Morgan fingerprint density at radius 1 is 1.03 bits per heavy atom. The van der Waals surface area contributed by atoms with E-state index in [4.69, 9.17) is 4.74 Å². The molecule has 0 aliphatic rings. The van der Waals surface area contributed by atoms with Crippen molar-refractivity contribution in [1.29, 1.82) is 0 Å². The molecule has 30 heavy (non-hydrogen) atoms. The van der Waals surface area contributed by atoms with Crippen molar-refractivity contribution in [3.63, 3.8) is 0 Å². The summed E-state index contributed by atoms with van der Waals surface area (Å²) in [6.45, 7) is 11.7. The standard InChI is InChI=1S/C23H42NO5P/c1-7-29-23(25)22(30(26,27)28)15-10-17-24(6)18-16-21(5)14-9-13-20(4)12-8-11-19(2)3/h11,13,16,22H,7-10,12,14-15,17-18H2,1-6H3,(H2,26,27,28). The number of carbonyl (C=O) groups is 1. The van der Waals surface area contributed by atoms with Gasteiger partial charge in [0, 0.05) is 6.54 Å². The number of hydrogen-bond donors (Lipinski definition) is 2. The van der Waals surface area contributed by atoms with Crippen LogP contribution in [0.5, 0.6) is 0 Å². The lowest BCUT2D eigenvalue weighted by atomic mass is 10.1. The molecule has 1 unspecified atom stereocenters. The minimum atomic E-state index is -4.50. The number of likely N-dealkylation sites (N-methyl/N-ethyl adjacent to an activating group) is 1. The first-order valence-corrected chi connectivity index (χ1v) is 12.5. The van der Waals surface area contributed by atoms with E-state index in [9.17, 15) is 19.1 Å². The molecule has 174 valence electrons. The Morgan fingerprint density at radius 3 is 2.13 bits per heavy atom. The van der Waals surface area contributed by atoms with Gasteiger partial charge in [-0.1, -0.05) is 34.9 Å². The molecule has 0 bridgehead atoms. The highest BCUT2D eigenvalue weighted by molar-refractivity contribution is 7.53. The molecule has 0 aromatic carbocycles. The molecule has 0 fully saturated rings. The highest BCUT2D eigenvalue weighted by Crippen LogP contribution is 2.44. The Morgan fingerprint density at radius 2 is 1.60 bits per heavy atom. The molecule has 0 spiro atoms. The zero-order valence-electron chi connectivity index (χ0n) is 19.7. The molecule has 1 atom stereocenters. The second-order valence-corrected chi connectivity index (χ2v) is 10.0. The first-order valence-electron chi connectivity index (χ1n) is 10.8. The van der Waals surface area contributed by atoms with E-state index in [1.54, 1.807) is 6.92 Å². The van der Waals surface area contributed by atoms with Gasteiger partial charge in [0.05, 0.1) is 6.61 Å². The lowest BCUT2D eigenvalue weighted by Crippen LogP contribution is -2.26. The average molecular weight is 444 g/mol. The number of rotatable bonds is 15. The summed E-state index contributed by atoms with van der Waals surface area (Å²) in [6.07, 6.45) is 11.7. The van der Waals surface area contributed by atoms with Crippen LogP contribution >= 0.6 is 7.60 Å². The lowest BCUT2D eigenvalue weighted by molar-refractivity contribution is -0.143. The number of esters is 1. The first-order chi connectivity index (χ1) is 14.0. The van der Waals surface area contributed by atoms with Crippen LogP contribution in [0.3, 0.4) is 0 Å². The predicted octanol–water partition coefficient (Wildman–Crippen LogP) is 5.23. The minimum absolute atomic E-state index is 0.115. The third-order valence-electron chi connectivity index (χ3n) is 4.86. The fourth-order valence-corrected chi connectivity index (χ4v) is 3.83. The normalized spacial score (nSPS) is 14.0. The van der Waals surface area contributed by atoms with Gasteiger partial charge in [-0.15, -0.1) is 0 Å². The Labute approximate surface area is 183 Å². The summed E-state index contributed by atoms with van der Waals surface area (Å²) in [7, 11) is -2.53. The summed E-state index contributed by atoms with van der Waals surface area (Å²) in [5, 5.41) is 0. The van der Waals surface area contributed by atoms with Gasteiger partial charge in [-0.05, 0) is 86.7 Å². The summed E-state index contributed by atoms with van der Waals surface area (Å²) in [4.78, 5) is 32.6. The van der Waals surface area contributed by atoms with Crippen LogP contribution in [-0.4, -0.2) is 53.1 Å². The molecule has 0 radical (unpaired) electrons. The molecule has 0 amide bonds. The third-order valence-corrected chi connectivity index (χ3v) is 6.14. The summed E-state index contributed by atoms with van der Waals surface area (Å²) in [5.41, 5.74) is 2.76. The van der Waals surface area contributed by atoms with E-state index >= 15 is 0 Å². The van der Waals surface area contributed by atoms with Crippen molar-refractivity contribution in [2.24, 2.45) is 0 Å². The molecule has 0 aliphatic heterocycles. The van der Waals surface area contributed by atoms with E-state index in [-0.39, 0.29) is 13.0 Å². The molecule has 0 saturated heterocycles. The van der Waals surface area contributed by atoms with Crippen LogP contribution in [-0.2, 0) is 14.1 Å². The maximum absolute atomic E-state index is 11.8. The van der Waals surface area contributed by atoms with E-state index in [0.29, 0.717) is 13.0 Å². The zero-order valence-corrected chi connectivity index (χ0v) is 20.6. The van der Waals surface area contributed by atoms with Crippen molar-refractivity contribution in [1.82, 2.24) is 4.90 Å². The highest BCUT2D eigenvalue weighted by atomic mass is 31.2. The Kier molecular flexibility index (Phi) is 15.0. The third kappa shape index (κ3) is 14.7. The first kappa shape index (κ1) is 28.8. The van der Waals surface area contributed by atoms with Crippen LogP contribution < -0.4 is 0 Å². The molecule has 0 heterocycles. The van der Waals surface area contributed by atoms with E-state index in [1.807, 2.05) is 7.05 Å². The predicted molar refractivity (Wildman–Crippen MR) is 125 cm³/mol. The van der Waals surface area contributed by atoms with Gasteiger partial charge in [-0.2, -0.15) is 0 Å². The van der Waals surface area contributed by atoms with Gasteiger partial charge in [0.2, 0.25) is 0 Å². The highest BCUT2D eigenvalue weighted by Gasteiger charge is 2.36. The Bertz CT molecular complexity index is 644. The van der Waals surface area contributed by atoms with Gasteiger partial charge in [0.1, 0.15) is 0 Å². The summed E-state index contributed by atoms with van der Waals surface area (Å²) in [5.74, 6) is -0.812. The second kappa shape index (κ2) is 15.6. The van der Waals surface area contributed by atoms with E-state index in [0.717, 1.165) is 32.2 Å². The minimum Gasteiger partial charge on any atom is -0.465 e. The Hall–Kier alpha value is -1.20. The van der Waals surface area contributed by atoms with Gasteiger partial charge in [0.15, 0.2) is 5.66 Å². The Balaban J connectivity index is 4.30. The monoisotopic (exact) mass is 443 g/mol. The number of nitrogens with zero attached hydrogens (tertiary/aromatic N) is 1. The fraction of sp³-hybridized carbons (Fsp3) is 0.696. The van der Waals surface area contributed by atoms with E-state index in [2.05, 4.69) is 50.8 Å². The molecule has 0 aromatic rings. The molecule has 0 aromatic heterocycles. The van der Waals surface area contributed by atoms with Crippen molar-refractivity contribution in [3.8, 4) is 0 Å². The molecular formula is C23H42NO5P. The van der Waals surface area contributed by atoms with Gasteiger partial charge < -0.3 is 19.4 Å². The number of ether oxygens (including phenoxy) is 1. The van der Waals surface area contributed by atoms with Crippen molar-refractivity contribution in [2.75, 3.05) is 26.7 Å². The summed E-state index contributed by atoms with van der Waals surface area (Å²) < 4.78 is 16.3. The number of hydrogen-bond acceptors (Lipinski definition) is 4. The van der Waals surface area contributed by atoms with Crippen LogP contribution in [0.4, 0.5) is 0 Å². The van der Waals surface area contributed by atoms with Crippen LogP contribution in [0, 0.1) is 0 Å².